The summed E-state index contributed by atoms with van der Waals surface area (Å²) >= 11 is 0. The highest BCUT2D eigenvalue weighted by Gasteiger charge is 2.53. The van der Waals surface area contributed by atoms with E-state index < -0.39 is 72.9 Å². The van der Waals surface area contributed by atoms with Crippen LogP contribution in [0, 0.1) is 0 Å². The zero-order valence-corrected chi connectivity index (χ0v) is 35.4. The molecule has 4 aromatic carbocycles. The van der Waals surface area contributed by atoms with Crippen molar-refractivity contribution < 1.29 is 84.3 Å². The number of aromatic nitrogens is 4. The van der Waals surface area contributed by atoms with Gasteiger partial charge in [0.05, 0.1) is 33.3 Å². The summed E-state index contributed by atoms with van der Waals surface area (Å²) in [5.41, 5.74) is 6.35. The van der Waals surface area contributed by atoms with E-state index in [0.717, 1.165) is 6.33 Å². The van der Waals surface area contributed by atoms with E-state index in [1.54, 1.807) is 48.5 Å². The predicted molar refractivity (Wildman–Crippen MR) is 217 cm³/mol. The lowest BCUT2D eigenvalue weighted by molar-refractivity contribution is -0.0565. The maximum Gasteiger partial charge on any atom is 0.514 e. The maximum atomic E-state index is 13.4. The van der Waals surface area contributed by atoms with E-state index in [0.29, 0.717) is 22.3 Å². The second kappa shape index (κ2) is 18.8. The molecule has 0 aliphatic carbocycles. The van der Waals surface area contributed by atoms with Gasteiger partial charge in [-0.1, -0.05) is 54.6 Å². The molecule has 63 heavy (non-hydrogen) atoms. The molecule has 7 atom stereocenters. The fourth-order valence-electron chi connectivity index (χ4n) is 6.35. The molecule has 0 spiro atoms. The molecule has 0 amide bonds. The van der Waals surface area contributed by atoms with Gasteiger partial charge in [0.2, 0.25) is 0 Å². The lowest BCUT2D eigenvalue weighted by Gasteiger charge is -2.24. The van der Waals surface area contributed by atoms with Gasteiger partial charge in [-0.2, -0.15) is 4.31 Å². The molecule has 332 valence electrons. The van der Waals surface area contributed by atoms with Gasteiger partial charge < -0.3 is 53.6 Å². The Morgan fingerprint density at radius 3 is 2.02 bits per heavy atom. The summed E-state index contributed by atoms with van der Waals surface area (Å²) in [5, 5.41) is 1.23. The van der Waals surface area contributed by atoms with Crippen molar-refractivity contribution in [2.24, 2.45) is 0 Å². The van der Waals surface area contributed by atoms with Crippen molar-refractivity contribution in [3.8, 4) is 23.0 Å². The number of methoxy groups -OCH3 is 2. The first-order valence-electron chi connectivity index (χ1n) is 18.2. The number of phosphoric acid groups is 2. The van der Waals surface area contributed by atoms with Crippen LogP contribution < -0.4 is 24.7 Å². The van der Waals surface area contributed by atoms with Gasteiger partial charge in [-0.3, -0.25) is 13.7 Å². The van der Waals surface area contributed by atoms with Crippen LogP contribution in [-0.4, -0.2) is 85.6 Å². The minimum atomic E-state index is -5.87. The molecular weight excluding hydrogens is 895 g/mol. The Labute approximate surface area is 355 Å². The van der Waals surface area contributed by atoms with Crippen molar-refractivity contribution in [1.82, 2.24) is 19.5 Å². The van der Waals surface area contributed by atoms with Crippen LogP contribution in [0.4, 0.5) is 15.4 Å². The zero-order valence-electron chi connectivity index (χ0n) is 32.7. The number of rotatable bonds is 16. The monoisotopic (exact) mass is 931 g/mol. The van der Waals surface area contributed by atoms with Gasteiger partial charge in [0, 0.05) is 12.1 Å². The van der Waals surface area contributed by atoms with Crippen LogP contribution in [0.25, 0.3) is 21.9 Å². The maximum absolute atomic E-state index is 13.4. The number of nitrogens with zero attached hydrogens (tertiary/aromatic N) is 4. The molecule has 3 heterocycles. The minimum absolute atomic E-state index is 0.0213. The molecule has 23 nitrogen and oxygen atoms in total. The van der Waals surface area contributed by atoms with E-state index in [1.165, 1.54) is 67.6 Å². The van der Waals surface area contributed by atoms with E-state index in [1.807, 2.05) is 0 Å². The molecule has 26 heteroatoms. The number of ether oxygens (including phenoxy) is 7. The molecule has 0 radical (unpaired) electrons. The predicted octanol–water partition coefficient (Wildman–Crippen LogP) is 6.28. The smallest absolute Gasteiger partial charge is 0.497 e. The number of hydrogen-bond donors (Lipinski definition) is 4. The molecule has 4 unspecified atom stereocenters. The van der Waals surface area contributed by atoms with Crippen LogP contribution in [0.3, 0.4) is 0 Å². The Bertz CT molecular complexity index is 2790. The number of nitrogens with two attached hydrogens (primary N) is 1. The average Bonchev–Trinajstić information content (AvgIpc) is 3.80. The standard InChI is InChI=1S/C37H36N5O18P3/c1-51-24-11-6-13-26(16-24)54-36(43)57-31-29(18-53-62(47,48)60-63(49,50)59-61(45,46)19-23-10-5-9-22-8-3-4-15-28(22)23)56-35(42-21-41-30-33(38)39-20-40-34(30)42)32(31)58-37(44)55-27-14-7-12-25(17-27)52-2/h3-17,20-21,29,31-32,35H,18-19H2,1-2H3,(H,45,46)(H,47,48)(H,49,50)(H2,38,39,40)/t29-,31?,32+,35-/m1/s1. The van der Waals surface area contributed by atoms with Crippen LogP contribution in [0.15, 0.2) is 104 Å². The summed E-state index contributed by atoms with van der Waals surface area (Å²) in [6.07, 6.45) is -8.22. The number of fused-ring (bicyclic) bond motifs is 2. The Hall–Kier alpha value is -5.96. The number of hydrogen-bond acceptors (Lipinski definition) is 19. The fraction of sp³-hybridized carbons (Fsp3) is 0.216. The van der Waals surface area contributed by atoms with Crippen LogP contribution in [0.1, 0.15) is 11.8 Å². The van der Waals surface area contributed by atoms with Gasteiger partial charge in [-0.25, -0.2) is 38.0 Å². The van der Waals surface area contributed by atoms with Crippen molar-refractivity contribution >= 4 is 63.3 Å². The fourth-order valence-corrected chi connectivity index (χ4v) is 10.5. The van der Waals surface area contributed by atoms with Gasteiger partial charge in [-0.15, -0.1) is 0 Å². The highest BCUT2D eigenvalue weighted by Crippen LogP contribution is 2.68. The van der Waals surface area contributed by atoms with Gasteiger partial charge in [-0.05, 0) is 40.6 Å². The Kier molecular flexibility index (Phi) is 13.4. The molecular formula is C37H36N5O18P3. The molecule has 0 bridgehead atoms. The molecule has 5 N–H and O–H groups in total. The Balaban J connectivity index is 1.15. The van der Waals surface area contributed by atoms with Crippen molar-refractivity contribution in [1.29, 1.82) is 0 Å². The summed E-state index contributed by atoms with van der Waals surface area (Å²) in [5.74, 6) is 0.485. The normalized spacial score (nSPS) is 20.2. The molecule has 7 rings (SSSR count). The quantitative estimate of drug-likeness (QED) is 0.0471. The first kappa shape index (κ1) is 45.1. The third-order valence-electron chi connectivity index (χ3n) is 8.99. The van der Waals surface area contributed by atoms with E-state index >= 15 is 0 Å². The lowest BCUT2D eigenvalue weighted by atomic mass is 10.1. The van der Waals surface area contributed by atoms with Gasteiger partial charge >= 0.3 is 35.6 Å². The minimum Gasteiger partial charge on any atom is -0.497 e. The van der Waals surface area contributed by atoms with E-state index in [-0.39, 0.29) is 34.0 Å². The second-order valence-corrected chi connectivity index (χ2v) is 18.2. The van der Waals surface area contributed by atoms with Gasteiger partial charge in [0.1, 0.15) is 40.9 Å². The summed E-state index contributed by atoms with van der Waals surface area (Å²) in [7, 11) is -13.9. The summed E-state index contributed by atoms with van der Waals surface area (Å²) in [6.45, 7) is -1.14. The molecule has 1 aliphatic heterocycles. The van der Waals surface area contributed by atoms with Crippen molar-refractivity contribution in [3.63, 3.8) is 0 Å². The largest absolute Gasteiger partial charge is 0.514 e. The number of benzene rings is 4. The van der Waals surface area contributed by atoms with E-state index in [4.69, 9.17) is 43.4 Å². The summed E-state index contributed by atoms with van der Waals surface area (Å²) in [6, 6.07) is 23.3. The summed E-state index contributed by atoms with van der Waals surface area (Å²) in [4.78, 5) is 70.8. The molecule has 1 fully saturated rings. The van der Waals surface area contributed by atoms with Crippen molar-refractivity contribution in [2.75, 3.05) is 26.6 Å². The summed E-state index contributed by atoms with van der Waals surface area (Å²) < 4.78 is 92.9. The third-order valence-corrected chi connectivity index (χ3v) is 13.7. The lowest BCUT2D eigenvalue weighted by Crippen LogP contribution is -2.42. The number of carbonyl (C=O) groups is 2. The number of carbonyl (C=O) groups excluding carboxylic acids is 2. The highest BCUT2D eigenvalue weighted by atomic mass is 31.3. The van der Waals surface area contributed by atoms with Crippen LogP contribution >= 0.6 is 23.2 Å². The topological polar surface area (TPSA) is 308 Å². The number of phosphoric ester groups is 1. The first-order chi connectivity index (χ1) is 30.0. The molecule has 0 saturated carbocycles. The SMILES string of the molecule is COc1cccc(OC(=O)OC2[C@@H](COP(=O)(O)OP(=O)(O)OP(=O)(O)Cc3cccc4ccccc34)O[C@@H](n3cnc4c(N)ncnc43)[C@H]2OC(=O)Oc2cccc(OC)c2)c1. The van der Waals surface area contributed by atoms with Crippen LogP contribution in [-0.2, 0) is 47.2 Å². The van der Waals surface area contributed by atoms with Crippen molar-refractivity contribution in [3.05, 3.63) is 109 Å². The number of anilines is 1. The van der Waals surface area contributed by atoms with Crippen LogP contribution in [0.5, 0.6) is 23.0 Å². The molecule has 1 aliphatic rings. The molecule has 1 saturated heterocycles. The number of nitrogen functional groups attached to an aromatic ring is 1. The number of imidazole rings is 1. The zero-order chi connectivity index (χ0) is 44.9. The van der Waals surface area contributed by atoms with Gasteiger partial charge in [0.25, 0.3) is 0 Å². The van der Waals surface area contributed by atoms with E-state index in [2.05, 4.69) is 23.6 Å². The average molecular weight is 932 g/mol. The molecule has 6 aromatic rings. The van der Waals surface area contributed by atoms with Crippen LogP contribution in [0.2, 0.25) is 0 Å². The Morgan fingerprint density at radius 2 is 1.35 bits per heavy atom. The second-order valence-electron chi connectivity index (χ2n) is 13.2. The third kappa shape index (κ3) is 11.2. The Morgan fingerprint density at radius 1 is 0.746 bits per heavy atom. The molecule has 2 aromatic heterocycles. The first-order valence-corrected chi connectivity index (χ1v) is 22.9. The van der Waals surface area contributed by atoms with Gasteiger partial charge in [0.15, 0.2) is 29.9 Å². The van der Waals surface area contributed by atoms with Crippen molar-refractivity contribution in [2.45, 2.75) is 30.7 Å². The van der Waals surface area contributed by atoms with E-state index in [9.17, 15) is 38.0 Å². The highest BCUT2D eigenvalue weighted by molar-refractivity contribution is 7.68.